The van der Waals surface area contributed by atoms with E-state index in [2.05, 4.69) is 33.6 Å². The highest BCUT2D eigenvalue weighted by Crippen LogP contribution is 2.05. The first-order valence-corrected chi connectivity index (χ1v) is 11.4. The summed E-state index contributed by atoms with van der Waals surface area (Å²) in [5.41, 5.74) is 17.0. The molecule has 1 aromatic carbocycles. The smallest absolute Gasteiger partial charge is 0.327 e. The highest BCUT2D eigenvalue weighted by Gasteiger charge is 2.30. The van der Waals surface area contributed by atoms with Crippen LogP contribution >= 0.6 is 12.6 Å². The Morgan fingerprint density at radius 3 is 2.06 bits per heavy atom. The Kier molecular flexibility index (Phi) is 13.2. The number of hydrogen-bond donors (Lipinski definition) is 9. The molecule has 194 valence electrons. The molecule has 4 unspecified atom stereocenters. The van der Waals surface area contributed by atoms with Crippen LogP contribution in [0.25, 0.3) is 0 Å². The van der Waals surface area contributed by atoms with Crippen LogP contribution < -0.4 is 33.2 Å². The zero-order valence-corrected chi connectivity index (χ0v) is 20.0. The zero-order valence-electron chi connectivity index (χ0n) is 19.1. The molecule has 3 amide bonds. The fraction of sp³-hybridized carbons (Fsp3) is 0.476. The Balaban J connectivity index is 2.86. The number of amides is 3. The first kappa shape index (κ1) is 29.7. The number of carboxylic acids is 1. The molecule has 0 fully saturated rings. The minimum atomic E-state index is -1.39. The van der Waals surface area contributed by atoms with E-state index in [-0.39, 0.29) is 31.1 Å². The number of hydrogen-bond acceptors (Lipinski definition) is 8. The van der Waals surface area contributed by atoms with Gasteiger partial charge in [-0.15, -0.1) is 0 Å². The third-order valence-corrected chi connectivity index (χ3v) is 5.20. The van der Waals surface area contributed by atoms with Gasteiger partial charge in [-0.2, -0.15) is 12.6 Å². The topological polar surface area (TPSA) is 235 Å². The number of nitrogens with two attached hydrogens (primary N) is 3. The Hall–Kier alpha value is -3.36. The number of rotatable bonds is 15. The SMILES string of the molecule is NC(N)=NCCCC(N)C(=O)NC(CO)C(=O)NC(Cc1ccccc1)C(=O)NC(CS)C(=O)O. The summed E-state index contributed by atoms with van der Waals surface area (Å²) in [6.07, 6.45) is 0.674. The molecule has 0 saturated carbocycles. The first-order valence-electron chi connectivity index (χ1n) is 10.8. The van der Waals surface area contributed by atoms with E-state index in [1.165, 1.54) is 0 Å². The number of thiol groups is 1. The van der Waals surface area contributed by atoms with Gasteiger partial charge in [0.25, 0.3) is 0 Å². The van der Waals surface area contributed by atoms with Gasteiger partial charge in [0.1, 0.15) is 18.1 Å². The van der Waals surface area contributed by atoms with E-state index in [4.69, 9.17) is 17.2 Å². The number of guanidine groups is 1. The molecule has 1 aromatic rings. The van der Waals surface area contributed by atoms with E-state index in [1.807, 2.05) is 0 Å². The van der Waals surface area contributed by atoms with Crippen molar-refractivity contribution in [3.63, 3.8) is 0 Å². The minimum absolute atomic E-state index is 0.0354. The molecule has 0 aromatic heterocycles. The van der Waals surface area contributed by atoms with E-state index in [9.17, 15) is 29.4 Å². The molecule has 0 radical (unpaired) electrons. The number of carbonyl (C=O) groups is 4. The van der Waals surface area contributed by atoms with Crippen molar-refractivity contribution in [1.29, 1.82) is 0 Å². The van der Waals surface area contributed by atoms with Crippen LogP contribution in [0.1, 0.15) is 18.4 Å². The zero-order chi connectivity index (χ0) is 26.4. The van der Waals surface area contributed by atoms with Crippen LogP contribution in [0.3, 0.4) is 0 Å². The lowest BCUT2D eigenvalue weighted by atomic mass is 10.0. The lowest BCUT2D eigenvalue weighted by Gasteiger charge is -2.24. The van der Waals surface area contributed by atoms with Gasteiger partial charge in [0.05, 0.1) is 12.6 Å². The lowest BCUT2D eigenvalue weighted by molar-refractivity contribution is -0.141. The highest BCUT2D eigenvalue weighted by molar-refractivity contribution is 7.80. The molecule has 11 N–H and O–H groups in total. The molecule has 13 nitrogen and oxygen atoms in total. The van der Waals surface area contributed by atoms with Crippen molar-refractivity contribution >= 4 is 42.3 Å². The Bertz CT molecular complexity index is 882. The summed E-state index contributed by atoms with van der Waals surface area (Å²) in [6, 6.07) is 3.88. The number of carbonyl (C=O) groups excluding carboxylic acids is 3. The second-order valence-corrected chi connectivity index (χ2v) is 8.00. The quantitative estimate of drug-likeness (QED) is 0.0506. The van der Waals surface area contributed by atoms with E-state index in [0.29, 0.717) is 12.0 Å². The van der Waals surface area contributed by atoms with Crippen LogP contribution in [0.4, 0.5) is 0 Å². The maximum absolute atomic E-state index is 12.8. The molecule has 0 saturated heterocycles. The summed E-state index contributed by atoms with van der Waals surface area (Å²) in [4.78, 5) is 53.0. The van der Waals surface area contributed by atoms with Crippen molar-refractivity contribution in [2.75, 3.05) is 18.9 Å². The number of aliphatic hydroxyl groups is 1. The lowest BCUT2D eigenvalue weighted by Crippen LogP contribution is -2.58. The first-order chi connectivity index (χ1) is 16.6. The highest BCUT2D eigenvalue weighted by atomic mass is 32.1. The average Bonchev–Trinajstić information content (AvgIpc) is 2.82. The fourth-order valence-corrected chi connectivity index (χ4v) is 3.16. The van der Waals surface area contributed by atoms with E-state index in [1.54, 1.807) is 30.3 Å². The molecule has 0 heterocycles. The van der Waals surface area contributed by atoms with Gasteiger partial charge >= 0.3 is 5.97 Å². The van der Waals surface area contributed by atoms with Crippen LogP contribution in [0, 0.1) is 0 Å². The summed E-state index contributed by atoms with van der Waals surface area (Å²) in [7, 11) is 0. The molecular formula is C21H33N7O6S. The summed E-state index contributed by atoms with van der Waals surface area (Å²) in [5, 5.41) is 26.0. The van der Waals surface area contributed by atoms with Gasteiger partial charge in [-0.25, -0.2) is 4.79 Å². The van der Waals surface area contributed by atoms with Crippen LogP contribution in [0.2, 0.25) is 0 Å². The summed E-state index contributed by atoms with van der Waals surface area (Å²) in [6.45, 7) is -0.487. The molecule has 14 heteroatoms. The third kappa shape index (κ3) is 11.1. The van der Waals surface area contributed by atoms with Gasteiger partial charge in [0.2, 0.25) is 17.7 Å². The van der Waals surface area contributed by atoms with Crippen molar-refractivity contribution in [1.82, 2.24) is 16.0 Å². The summed E-state index contributed by atoms with van der Waals surface area (Å²) >= 11 is 3.92. The standard InChI is InChI=1S/C21H33N7O6S/c22-13(7-4-8-25-21(23)24)17(30)27-15(10-29)19(32)26-14(9-12-5-2-1-3-6-12)18(31)28-16(11-35)20(33)34/h1-3,5-6,13-16,29,35H,4,7-11,22H2,(H,26,32)(H,27,30)(H,28,31)(H,33,34)(H4,23,24,25). The maximum Gasteiger partial charge on any atom is 0.327 e. The van der Waals surface area contributed by atoms with Crippen molar-refractivity contribution in [3.05, 3.63) is 35.9 Å². The van der Waals surface area contributed by atoms with Crippen LogP contribution in [0.15, 0.2) is 35.3 Å². The molecule has 1 rings (SSSR count). The number of nitrogens with one attached hydrogen (secondary N) is 3. The monoisotopic (exact) mass is 511 g/mol. The molecule has 35 heavy (non-hydrogen) atoms. The molecule has 4 atom stereocenters. The molecule has 0 aliphatic carbocycles. The van der Waals surface area contributed by atoms with Crippen molar-refractivity contribution in [2.45, 2.75) is 43.4 Å². The number of aliphatic imine (C=N–C) groups is 1. The van der Waals surface area contributed by atoms with Gasteiger partial charge in [0.15, 0.2) is 5.96 Å². The van der Waals surface area contributed by atoms with Gasteiger partial charge in [-0.05, 0) is 18.4 Å². The van der Waals surface area contributed by atoms with Crippen molar-refractivity contribution < 1.29 is 29.4 Å². The van der Waals surface area contributed by atoms with E-state index < -0.39 is 54.5 Å². The number of benzene rings is 1. The van der Waals surface area contributed by atoms with Gasteiger partial charge in [-0.3, -0.25) is 19.4 Å². The van der Waals surface area contributed by atoms with E-state index in [0.717, 1.165) is 0 Å². The molecule has 0 spiro atoms. The number of aliphatic carboxylic acids is 1. The maximum atomic E-state index is 12.8. The van der Waals surface area contributed by atoms with Crippen LogP contribution in [-0.2, 0) is 25.6 Å². The molecule has 0 aliphatic rings. The second-order valence-electron chi connectivity index (χ2n) is 7.63. The van der Waals surface area contributed by atoms with Crippen molar-refractivity contribution in [2.24, 2.45) is 22.2 Å². The fourth-order valence-electron chi connectivity index (χ4n) is 2.91. The normalized spacial score (nSPS) is 14.0. The largest absolute Gasteiger partial charge is 0.480 e. The second kappa shape index (κ2) is 15.5. The molecule has 0 bridgehead atoms. The van der Waals surface area contributed by atoms with Gasteiger partial charge < -0.3 is 43.4 Å². The Labute approximate surface area is 208 Å². The number of aliphatic hydroxyl groups excluding tert-OH is 1. The minimum Gasteiger partial charge on any atom is -0.480 e. The average molecular weight is 512 g/mol. The summed E-state index contributed by atoms with van der Waals surface area (Å²) in [5.74, 6) is -3.83. The van der Waals surface area contributed by atoms with Crippen LogP contribution in [-0.4, -0.2) is 82.9 Å². The Morgan fingerprint density at radius 1 is 0.943 bits per heavy atom. The molecular weight excluding hydrogens is 478 g/mol. The Morgan fingerprint density at radius 2 is 1.51 bits per heavy atom. The predicted molar refractivity (Wildman–Crippen MR) is 132 cm³/mol. The van der Waals surface area contributed by atoms with Gasteiger partial charge in [-0.1, -0.05) is 30.3 Å². The van der Waals surface area contributed by atoms with E-state index >= 15 is 0 Å². The number of carboxylic acid groups (broad SMARTS) is 1. The predicted octanol–water partition coefficient (Wildman–Crippen LogP) is -2.93. The van der Waals surface area contributed by atoms with Crippen molar-refractivity contribution in [3.8, 4) is 0 Å². The summed E-state index contributed by atoms with van der Waals surface area (Å²) < 4.78 is 0. The molecule has 0 aliphatic heterocycles. The van der Waals surface area contributed by atoms with Gasteiger partial charge in [0, 0.05) is 18.7 Å². The third-order valence-electron chi connectivity index (χ3n) is 4.83. The number of nitrogens with zero attached hydrogens (tertiary/aromatic N) is 1. The van der Waals surface area contributed by atoms with Crippen LogP contribution in [0.5, 0.6) is 0 Å².